The Morgan fingerprint density at radius 1 is 1.37 bits per heavy atom. The van der Waals surface area contributed by atoms with Crippen molar-refractivity contribution in [3.8, 4) is 5.75 Å². The van der Waals surface area contributed by atoms with Crippen LogP contribution in [0, 0.1) is 0 Å². The second kappa shape index (κ2) is 9.01. The van der Waals surface area contributed by atoms with E-state index in [0.717, 1.165) is 22.7 Å². The highest BCUT2D eigenvalue weighted by molar-refractivity contribution is 8.14. The van der Waals surface area contributed by atoms with E-state index in [1.54, 1.807) is 29.8 Å². The second-order valence-electron chi connectivity index (χ2n) is 6.88. The third-order valence-electron chi connectivity index (χ3n) is 4.94. The first kappa shape index (κ1) is 20.6. The van der Waals surface area contributed by atoms with E-state index in [4.69, 9.17) is 9.73 Å². The van der Waals surface area contributed by atoms with E-state index < -0.39 is 0 Å². The maximum absolute atomic E-state index is 13.0. The van der Waals surface area contributed by atoms with Crippen LogP contribution in [0.15, 0.2) is 51.8 Å². The Labute approximate surface area is 182 Å². The number of thioether (sulfide) groups is 1. The average Bonchev–Trinajstić information content (AvgIpc) is 3.40. The molecule has 0 saturated carbocycles. The fourth-order valence-corrected chi connectivity index (χ4v) is 5.11. The number of carbonyl (C=O) groups excluding carboxylic acids is 1. The first-order chi connectivity index (χ1) is 14.6. The fourth-order valence-electron chi connectivity index (χ4n) is 3.23. The first-order valence-corrected chi connectivity index (χ1v) is 11.5. The smallest absolute Gasteiger partial charge is 0.262 e. The molecule has 1 fully saturated rings. The summed E-state index contributed by atoms with van der Waals surface area (Å²) in [4.78, 5) is 37.0. The topological polar surface area (TPSA) is 76.8 Å². The average molecular weight is 443 g/mol. The highest BCUT2D eigenvalue weighted by Crippen LogP contribution is 2.31. The van der Waals surface area contributed by atoms with Crippen molar-refractivity contribution in [2.45, 2.75) is 31.6 Å². The SMILES string of the molecule is CCC1CN(C(=O)CCn2cnc3sccc3c2=O)C(=Nc2cccc(OC)c2)S1. The van der Waals surface area contributed by atoms with Crippen LogP contribution in [-0.2, 0) is 11.3 Å². The third kappa shape index (κ3) is 4.27. The molecular weight excluding hydrogens is 420 g/mol. The molecule has 156 valence electrons. The molecule has 2 aromatic heterocycles. The fraction of sp³-hybridized carbons (Fsp3) is 0.333. The van der Waals surface area contributed by atoms with Crippen molar-refractivity contribution in [3.63, 3.8) is 0 Å². The minimum Gasteiger partial charge on any atom is -0.497 e. The molecule has 1 atom stereocenters. The van der Waals surface area contributed by atoms with E-state index in [1.807, 2.05) is 29.6 Å². The summed E-state index contributed by atoms with van der Waals surface area (Å²) in [6, 6.07) is 9.24. The zero-order chi connectivity index (χ0) is 21.1. The first-order valence-electron chi connectivity index (χ1n) is 9.71. The molecule has 3 aromatic rings. The molecule has 30 heavy (non-hydrogen) atoms. The molecule has 3 heterocycles. The standard InChI is InChI=1S/C21H22N4O3S2/c1-3-16-12-25(21(30-16)23-14-5-4-6-15(11-14)28-2)18(26)7-9-24-13-22-19-17(20(24)27)8-10-29-19/h4-6,8,10-11,13,16H,3,7,9,12H2,1-2H3. The number of aliphatic imine (C=N–C) groups is 1. The van der Waals surface area contributed by atoms with Gasteiger partial charge in [0, 0.05) is 30.8 Å². The molecule has 9 heteroatoms. The van der Waals surface area contributed by atoms with Crippen LogP contribution in [0.25, 0.3) is 10.2 Å². The Morgan fingerprint density at radius 3 is 3.03 bits per heavy atom. The highest BCUT2D eigenvalue weighted by atomic mass is 32.2. The van der Waals surface area contributed by atoms with Gasteiger partial charge in [0.25, 0.3) is 5.56 Å². The van der Waals surface area contributed by atoms with E-state index in [9.17, 15) is 9.59 Å². The number of carbonyl (C=O) groups is 1. The maximum Gasteiger partial charge on any atom is 0.262 e. The number of rotatable bonds is 6. The second-order valence-corrected chi connectivity index (χ2v) is 9.04. The minimum absolute atomic E-state index is 0.0441. The van der Waals surface area contributed by atoms with Crippen molar-refractivity contribution in [2.24, 2.45) is 4.99 Å². The number of aryl methyl sites for hydroxylation is 1. The Balaban J connectivity index is 1.52. The van der Waals surface area contributed by atoms with Crippen LogP contribution in [0.3, 0.4) is 0 Å². The Hall–Kier alpha value is -2.65. The van der Waals surface area contributed by atoms with E-state index in [2.05, 4.69) is 11.9 Å². The van der Waals surface area contributed by atoms with E-state index in [-0.39, 0.29) is 17.9 Å². The van der Waals surface area contributed by atoms with Crippen LogP contribution in [0.2, 0.25) is 0 Å². The normalized spacial score (nSPS) is 17.7. The van der Waals surface area contributed by atoms with E-state index >= 15 is 0 Å². The summed E-state index contributed by atoms with van der Waals surface area (Å²) in [7, 11) is 1.61. The summed E-state index contributed by atoms with van der Waals surface area (Å²) in [6.07, 6.45) is 2.68. The van der Waals surface area contributed by atoms with Crippen LogP contribution in [0.5, 0.6) is 5.75 Å². The molecule has 1 unspecified atom stereocenters. The van der Waals surface area contributed by atoms with Gasteiger partial charge in [-0.25, -0.2) is 9.98 Å². The summed E-state index contributed by atoms with van der Waals surface area (Å²) < 4.78 is 6.77. The number of hydrogen-bond acceptors (Lipinski definition) is 7. The number of hydrogen-bond donors (Lipinski definition) is 0. The van der Waals surface area contributed by atoms with Gasteiger partial charge in [0.05, 0.1) is 24.5 Å². The lowest BCUT2D eigenvalue weighted by molar-refractivity contribution is -0.127. The molecule has 1 amide bonds. The molecule has 0 N–H and O–H groups in total. The van der Waals surface area contributed by atoms with Gasteiger partial charge in [0.1, 0.15) is 10.6 Å². The maximum atomic E-state index is 13.0. The Morgan fingerprint density at radius 2 is 2.23 bits per heavy atom. The lowest BCUT2D eigenvalue weighted by Gasteiger charge is -2.16. The predicted octanol–water partition coefficient (Wildman–Crippen LogP) is 3.90. The van der Waals surface area contributed by atoms with Crippen molar-refractivity contribution in [2.75, 3.05) is 13.7 Å². The van der Waals surface area contributed by atoms with Crippen LogP contribution in [-0.4, -0.2) is 44.4 Å². The summed E-state index contributed by atoms with van der Waals surface area (Å²) in [6.45, 7) is 3.02. The molecule has 1 aliphatic rings. The molecule has 1 aromatic carbocycles. The van der Waals surface area contributed by atoms with Crippen LogP contribution >= 0.6 is 23.1 Å². The molecule has 0 bridgehead atoms. The van der Waals surface area contributed by atoms with Gasteiger partial charge in [-0.2, -0.15) is 0 Å². The van der Waals surface area contributed by atoms with Gasteiger partial charge < -0.3 is 4.74 Å². The molecule has 0 aliphatic carbocycles. The highest BCUT2D eigenvalue weighted by Gasteiger charge is 2.32. The number of methoxy groups -OCH3 is 1. The number of fused-ring (bicyclic) bond motifs is 1. The van der Waals surface area contributed by atoms with Crippen molar-refractivity contribution in [1.82, 2.24) is 14.5 Å². The van der Waals surface area contributed by atoms with Crippen LogP contribution < -0.4 is 10.3 Å². The van der Waals surface area contributed by atoms with Gasteiger partial charge in [-0.1, -0.05) is 24.8 Å². The number of aromatic nitrogens is 2. The van der Waals surface area contributed by atoms with Gasteiger partial charge in [0.15, 0.2) is 5.17 Å². The molecule has 1 saturated heterocycles. The number of nitrogens with zero attached hydrogens (tertiary/aromatic N) is 4. The van der Waals surface area contributed by atoms with Crippen LogP contribution in [0.1, 0.15) is 19.8 Å². The van der Waals surface area contributed by atoms with Gasteiger partial charge in [-0.15, -0.1) is 11.3 Å². The number of thiophene rings is 1. The van der Waals surface area contributed by atoms with E-state index in [0.29, 0.717) is 28.9 Å². The number of benzene rings is 1. The number of ether oxygens (including phenoxy) is 1. The van der Waals surface area contributed by atoms with Crippen LogP contribution in [0.4, 0.5) is 5.69 Å². The summed E-state index contributed by atoms with van der Waals surface area (Å²) in [5, 5.41) is 3.45. The lowest BCUT2D eigenvalue weighted by atomic mass is 10.3. The largest absolute Gasteiger partial charge is 0.497 e. The zero-order valence-electron chi connectivity index (χ0n) is 16.8. The number of amides is 1. The minimum atomic E-state index is -0.110. The Kier molecular flexibility index (Phi) is 6.19. The summed E-state index contributed by atoms with van der Waals surface area (Å²) in [5.74, 6) is 0.679. The molecule has 0 radical (unpaired) electrons. The quantitative estimate of drug-likeness (QED) is 0.579. The molecule has 7 nitrogen and oxygen atoms in total. The molecule has 1 aliphatic heterocycles. The Bertz CT molecular complexity index is 1150. The van der Waals surface area contributed by atoms with Gasteiger partial charge >= 0.3 is 0 Å². The van der Waals surface area contributed by atoms with Gasteiger partial charge in [0.2, 0.25) is 5.91 Å². The molecule has 0 spiro atoms. The predicted molar refractivity (Wildman–Crippen MR) is 122 cm³/mol. The van der Waals surface area contributed by atoms with Gasteiger partial charge in [-0.3, -0.25) is 19.1 Å². The lowest BCUT2D eigenvalue weighted by Crippen LogP contribution is -2.34. The molecular formula is C21H22N4O3S2. The number of amidine groups is 1. The van der Waals surface area contributed by atoms with Crippen molar-refractivity contribution in [1.29, 1.82) is 0 Å². The van der Waals surface area contributed by atoms with Crippen molar-refractivity contribution < 1.29 is 9.53 Å². The van der Waals surface area contributed by atoms with Crippen molar-refractivity contribution in [3.05, 3.63) is 52.4 Å². The van der Waals surface area contributed by atoms with Gasteiger partial charge in [-0.05, 0) is 30.0 Å². The zero-order valence-corrected chi connectivity index (χ0v) is 18.4. The summed E-state index contributed by atoms with van der Waals surface area (Å²) >= 11 is 3.05. The third-order valence-corrected chi connectivity index (χ3v) is 7.10. The van der Waals surface area contributed by atoms with Crippen molar-refractivity contribution >= 4 is 50.1 Å². The molecule has 4 rings (SSSR count). The monoisotopic (exact) mass is 442 g/mol. The summed E-state index contributed by atoms with van der Waals surface area (Å²) in [5.41, 5.74) is 0.635. The van der Waals surface area contributed by atoms with E-state index in [1.165, 1.54) is 22.2 Å².